The van der Waals surface area contributed by atoms with E-state index in [0.717, 1.165) is 13.0 Å². The smallest absolute Gasteiger partial charge is 0.115 e. The molecule has 0 saturated carbocycles. The summed E-state index contributed by atoms with van der Waals surface area (Å²) < 4.78 is 0. The Kier molecular flexibility index (Phi) is 1.55. The predicted molar refractivity (Wildman–Crippen MR) is 43.0 cm³/mol. The monoisotopic (exact) mass is 148 g/mol. The van der Waals surface area contributed by atoms with Crippen molar-refractivity contribution in [2.75, 3.05) is 0 Å². The number of hydrogen-bond donors (Lipinski definition) is 2. The Labute approximate surface area is 65.9 Å². The van der Waals surface area contributed by atoms with Crippen molar-refractivity contribution >= 4 is 0 Å². The van der Waals surface area contributed by atoms with E-state index in [1.807, 2.05) is 18.7 Å². The maximum atomic E-state index is 9.15. The molecular weight excluding hydrogens is 138 g/mol. The lowest BCUT2D eigenvalue weighted by Gasteiger charge is -2.15. The molecule has 1 heterocycles. The first kappa shape index (κ1) is 6.68. The average molecular weight is 148 g/mol. The third-order valence-corrected chi connectivity index (χ3v) is 1.95. The molecule has 0 fully saturated rings. The molecule has 0 atom stereocenters. The molecule has 0 unspecified atom stereocenters. The molecule has 0 amide bonds. The van der Waals surface area contributed by atoms with Crippen molar-refractivity contribution in [1.82, 2.24) is 5.32 Å². The fourth-order valence-corrected chi connectivity index (χ4v) is 1.34. The average Bonchev–Trinajstić information content (AvgIpc) is 2.04. The lowest BCUT2D eigenvalue weighted by atomic mass is 10.0. The SMILES string of the molecule is Oc1ccc2c(c1)CN[CH]C2. The van der Waals surface area contributed by atoms with Gasteiger partial charge in [0.2, 0.25) is 0 Å². The fraction of sp³-hybridized carbons (Fsp3) is 0.222. The molecule has 11 heavy (non-hydrogen) atoms. The van der Waals surface area contributed by atoms with Crippen LogP contribution >= 0.6 is 0 Å². The van der Waals surface area contributed by atoms with Crippen LogP contribution < -0.4 is 5.32 Å². The molecular formula is C9H10NO. The quantitative estimate of drug-likeness (QED) is 0.579. The van der Waals surface area contributed by atoms with Crippen LogP contribution in [-0.4, -0.2) is 5.11 Å². The van der Waals surface area contributed by atoms with E-state index in [9.17, 15) is 0 Å². The zero-order chi connectivity index (χ0) is 7.68. The summed E-state index contributed by atoms with van der Waals surface area (Å²) in [6.45, 7) is 2.88. The third-order valence-electron chi connectivity index (χ3n) is 1.95. The van der Waals surface area contributed by atoms with Crippen LogP contribution in [0.3, 0.4) is 0 Å². The first-order valence-electron chi connectivity index (χ1n) is 3.72. The van der Waals surface area contributed by atoms with E-state index >= 15 is 0 Å². The molecule has 1 radical (unpaired) electrons. The minimum Gasteiger partial charge on any atom is -0.508 e. The van der Waals surface area contributed by atoms with Crippen molar-refractivity contribution in [3.05, 3.63) is 35.9 Å². The lowest BCUT2D eigenvalue weighted by Crippen LogP contribution is -2.18. The van der Waals surface area contributed by atoms with Gasteiger partial charge >= 0.3 is 0 Å². The van der Waals surface area contributed by atoms with E-state index in [1.54, 1.807) is 6.07 Å². The predicted octanol–water partition coefficient (Wildman–Crippen LogP) is 1.20. The highest BCUT2D eigenvalue weighted by Crippen LogP contribution is 2.19. The minimum atomic E-state index is 0.354. The number of hydrogen-bond acceptors (Lipinski definition) is 2. The second-order valence-corrected chi connectivity index (χ2v) is 2.74. The Bertz CT molecular complexity index is 270. The number of nitrogens with one attached hydrogen (secondary N) is 1. The van der Waals surface area contributed by atoms with Crippen LogP contribution in [0.25, 0.3) is 0 Å². The largest absolute Gasteiger partial charge is 0.508 e. The van der Waals surface area contributed by atoms with E-state index in [-0.39, 0.29) is 0 Å². The summed E-state index contributed by atoms with van der Waals surface area (Å²) in [7, 11) is 0. The number of fused-ring (bicyclic) bond motifs is 1. The van der Waals surface area contributed by atoms with E-state index in [1.165, 1.54) is 11.1 Å². The summed E-state index contributed by atoms with van der Waals surface area (Å²) in [5.74, 6) is 0.354. The molecule has 2 N–H and O–H groups in total. The Morgan fingerprint density at radius 3 is 3.09 bits per heavy atom. The zero-order valence-electron chi connectivity index (χ0n) is 6.17. The van der Waals surface area contributed by atoms with Crippen LogP contribution in [0.15, 0.2) is 18.2 Å². The van der Waals surface area contributed by atoms with Gasteiger partial charge in [0.1, 0.15) is 5.75 Å². The van der Waals surface area contributed by atoms with Crippen molar-refractivity contribution in [3.8, 4) is 5.75 Å². The van der Waals surface area contributed by atoms with E-state index < -0.39 is 0 Å². The van der Waals surface area contributed by atoms with Gasteiger partial charge in [0.05, 0.1) is 0 Å². The molecule has 0 aliphatic carbocycles. The Hall–Kier alpha value is -1.02. The van der Waals surface area contributed by atoms with Gasteiger partial charge in [-0.15, -0.1) is 0 Å². The van der Waals surface area contributed by atoms with Gasteiger partial charge in [-0.05, 0) is 29.7 Å². The zero-order valence-corrected chi connectivity index (χ0v) is 6.17. The Balaban J connectivity index is 2.43. The molecule has 0 bridgehead atoms. The maximum Gasteiger partial charge on any atom is 0.115 e. The summed E-state index contributed by atoms with van der Waals surface area (Å²) in [6.07, 6.45) is 0.954. The van der Waals surface area contributed by atoms with Gasteiger partial charge in [-0.3, -0.25) is 0 Å². The minimum absolute atomic E-state index is 0.354. The number of rotatable bonds is 0. The highest BCUT2D eigenvalue weighted by molar-refractivity contribution is 5.36. The lowest BCUT2D eigenvalue weighted by molar-refractivity contribution is 0.473. The van der Waals surface area contributed by atoms with Crippen molar-refractivity contribution in [1.29, 1.82) is 0 Å². The Morgan fingerprint density at radius 1 is 1.27 bits per heavy atom. The standard InChI is InChI=1S/C9H10NO/c11-9-2-1-7-3-4-10-6-8(7)5-9/h1-2,4-5,10-11H,3,6H2. The van der Waals surface area contributed by atoms with Crippen LogP contribution in [0.1, 0.15) is 11.1 Å². The maximum absolute atomic E-state index is 9.15. The molecule has 2 nitrogen and oxygen atoms in total. The number of benzene rings is 1. The summed E-state index contributed by atoms with van der Waals surface area (Å²) in [5, 5.41) is 12.3. The normalized spacial score (nSPS) is 16.0. The number of phenolic OH excluding ortho intramolecular Hbond substituents is 1. The van der Waals surface area contributed by atoms with Crippen LogP contribution in [-0.2, 0) is 13.0 Å². The number of phenols is 1. The van der Waals surface area contributed by atoms with Crippen molar-refractivity contribution in [3.63, 3.8) is 0 Å². The van der Waals surface area contributed by atoms with Gasteiger partial charge < -0.3 is 10.4 Å². The highest BCUT2D eigenvalue weighted by atomic mass is 16.3. The van der Waals surface area contributed by atoms with Crippen molar-refractivity contribution in [2.24, 2.45) is 0 Å². The van der Waals surface area contributed by atoms with Crippen molar-refractivity contribution < 1.29 is 5.11 Å². The molecule has 0 saturated heterocycles. The summed E-state index contributed by atoms with van der Waals surface area (Å²) >= 11 is 0. The van der Waals surface area contributed by atoms with Crippen molar-refractivity contribution in [2.45, 2.75) is 13.0 Å². The second-order valence-electron chi connectivity index (χ2n) is 2.74. The molecule has 2 rings (SSSR count). The molecule has 1 aromatic carbocycles. The van der Waals surface area contributed by atoms with Gasteiger partial charge in [0.15, 0.2) is 0 Å². The highest BCUT2D eigenvalue weighted by Gasteiger charge is 2.07. The molecule has 0 aromatic heterocycles. The number of aromatic hydroxyl groups is 1. The first-order valence-corrected chi connectivity index (χ1v) is 3.72. The van der Waals surface area contributed by atoms with E-state index in [0.29, 0.717) is 5.75 Å². The van der Waals surface area contributed by atoms with Gasteiger partial charge in [-0.25, -0.2) is 0 Å². The molecule has 1 aromatic rings. The molecule has 1 aliphatic rings. The van der Waals surface area contributed by atoms with Gasteiger partial charge in [0.25, 0.3) is 0 Å². The third kappa shape index (κ3) is 1.21. The summed E-state index contributed by atoms with van der Waals surface area (Å²) in [4.78, 5) is 0. The van der Waals surface area contributed by atoms with E-state index in [2.05, 4.69) is 5.32 Å². The van der Waals surface area contributed by atoms with Crippen LogP contribution in [0.4, 0.5) is 0 Å². The summed E-state index contributed by atoms with van der Waals surface area (Å²) in [5.41, 5.74) is 2.51. The van der Waals surface area contributed by atoms with Gasteiger partial charge in [0, 0.05) is 13.1 Å². The first-order chi connectivity index (χ1) is 5.36. The Morgan fingerprint density at radius 2 is 2.18 bits per heavy atom. The van der Waals surface area contributed by atoms with Gasteiger partial charge in [-0.2, -0.15) is 0 Å². The van der Waals surface area contributed by atoms with Crippen LogP contribution in [0.5, 0.6) is 5.75 Å². The topological polar surface area (TPSA) is 32.3 Å². The van der Waals surface area contributed by atoms with Gasteiger partial charge in [-0.1, -0.05) is 6.07 Å². The van der Waals surface area contributed by atoms with Crippen LogP contribution in [0, 0.1) is 6.54 Å². The molecule has 2 heteroatoms. The summed E-state index contributed by atoms with van der Waals surface area (Å²) in [6, 6.07) is 5.52. The molecule has 0 spiro atoms. The van der Waals surface area contributed by atoms with Crippen LogP contribution in [0.2, 0.25) is 0 Å². The second kappa shape index (κ2) is 2.55. The molecule has 57 valence electrons. The fourth-order valence-electron chi connectivity index (χ4n) is 1.34. The van der Waals surface area contributed by atoms with E-state index in [4.69, 9.17) is 5.11 Å². The molecule has 1 aliphatic heterocycles.